The molecule has 0 aliphatic rings. The Morgan fingerprint density at radius 2 is 1.89 bits per heavy atom. The van der Waals surface area contributed by atoms with Crippen LogP contribution < -0.4 is 10.2 Å². The van der Waals surface area contributed by atoms with Crippen molar-refractivity contribution in [3.63, 3.8) is 0 Å². The molecule has 2 N–H and O–H groups in total. The lowest BCUT2D eigenvalue weighted by atomic mass is 10.2. The minimum Gasteiger partial charge on any atom is -0.335 e. The fourth-order valence-electron chi connectivity index (χ4n) is 2.74. The second-order valence-electron chi connectivity index (χ2n) is 6.02. The van der Waals surface area contributed by atoms with Crippen LogP contribution in [-0.4, -0.2) is 17.4 Å². The number of rotatable bonds is 8. The van der Waals surface area contributed by atoms with Gasteiger partial charge in [-0.2, -0.15) is 0 Å². The number of nitro benzene ring substituents is 1. The molecule has 3 rings (SSSR count). The van der Waals surface area contributed by atoms with E-state index in [-0.39, 0.29) is 18.1 Å². The first-order valence-electron chi connectivity index (χ1n) is 8.56. The van der Waals surface area contributed by atoms with Gasteiger partial charge in [0, 0.05) is 22.6 Å². The predicted octanol–water partition coefficient (Wildman–Crippen LogP) is 2.95. The van der Waals surface area contributed by atoms with Crippen LogP contribution >= 0.6 is 11.3 Å². The predicted molar refractivity (Wildman–Crippen MR) is 106 cm³/mol. The average Bonchev–Trinajstić information content (AvgIpc) is 3.20. The highest BCUT2D eigenvalue weighted by atomic mass is 32.1. The van der Waals surface area contributed by atoms with Crippen molar-refractivity contribution < 1.29 is 15.0 Å². The standard InChI is InChI=1S/C20H19N3O3S/c24-20(14-21-13-16-6-2-1-3-7-16)22(15-19-10-5-11-27-19)17-8-4-9-18(12-17)23(25)26/h1-12,21H,13-15H2/p+1. The molecule has 0 atom stereocenters. The first-order valence-corrected chi connectivity index (χ1v) is 9.44. The fraction of sp³-hybridized carbons (Fsp3) is 0.150. The third-order valence-electron chi connectivity index (χ3n) is 4.09. The maximum Gasteiger partial charge on any atom is 0.282 e. The van der Waals surface area contributed by atoms with Gasteiger partial charge < -0.3 is 10.2 Å². The van der Waals surface area contributed by atoms with Gasteiger partial charge in [0.2, 0.25) is 0 Å². The molecule has 27 heavy (non-hydrogen) atoms. The van der Waals surface area contributed by atoms with Crippen LogP contribution in [0.5, 0.6) is 0 Å². The highest BCUT2D eigenvalue weighted by molar-refractivity contribution is 7.09. The Bertz CT molecular complexity index is 898. The normalized spacial score (nSPS) is 10.5. The molecular formula is C20H20N3O3S+. The molecule has 0 aliphatic heterocycles. The summed E-state index contributed by atoms with van der Waals surface area (Å²) >= 11 is 1.56. The van der Waals surface area contributed by atoms with E-state index in [9.17, 15) is 14.9 Å². The Kier molecular flexibility index (Phi) is 6.30. The number of nitrogens with two attached hydrogens (primary N) is 1. The van der Waals surface area contributed by atoms with Crippen molar-refractivity contribution in [2.75, 3.05) is 11.4 Å². The van der Waals surface area contributed by atoms with Gasteiger partial charge in [0.05, 0.1) is 17.2 Å². The summed E-state index contributed by atoms with van der Waals surface area (Å²) in [5.74, 6) is -0.0835. The van der Waals surface area contributed by atoms with Crippen LogP contribution in [-0.2, 0) is 17.9 Å². The van der Waals surface area contributed by atoms with Crippen molar-refractivity contribution in [3.8, 4) is 0 Å². The van der Waals surface area contributed by atoms with Gasteiger partial charge in [0.15, 0.2) is 6.54 Å². The number of anilines is 1. The summed E-state index contributed by atoms with van der Waals surface area (Å²) < 4.78 is 0. The summed E-state index contributed by atoms with van der Waals surface area (Å²) in [4.78, 5) is 26.2. The summed E-state index contributed by atoms with van der Waals surface area (Å²) in [5.41, 5.74) is 1.66. The van der Waals surface area contributed by atoms with Crippen molar-refractivity contribution >= 4 is 28.6 Å². The number of hydrogen-bond acceptors (Lipinski definition) is 4. The van der Waals surface area contributed by atoms with Crippen LogP contribution in [0.3, 0.4) is 0 Å². The average molecular weight is 382 g/mol. The lowest BCUT2D eigenvalue weighted by molar-refractivity contribution is -0.659. The number of carbonyl (C=O) groups excluding carboxylic acids is 1. The number of non-ortho nitro benzene ring substituents is 1. The molecule has 1 heterocycles. The number of amides is 1. The van der Waals surface area contributed by atoms with E-state index in [2.05, 4.69) is 0 Å². The molecule has 0 spiro atoms. The third kappa shape index (κ3) is 5.22. The van der Waals surface area contributed by atoms with E-state index in [1.807, 2.05) is 53.2 Å². The van der Waals surface area contributed by atoms with Gasteiger partial charge in [-0.15, -0.1) is 11.3 Å². The molecule has 3 aromatic rings. The number of nitro groups is 1. The zero-order valence-electron chi connectivity index (χ0n) is 14.7. The summed E-state index contributed by atoms with van der Waals surface area (Å²) in [7, 11) is 0. The largest absolute Gasteiger partial charge is 0.335 e. The van der Waals surface area contributed by atoms with Crippen LogP contribution in [0.2, 0.25) is 0 Å². The second kappa shape index (κ2) is 9.07. The summed E-state index contributed by atoms with van der Waals surface area (Å²) in [5, 5.41) is 15.0. The summed E-state index contributed by atoms with van der Waals surface area (Å²) in [6.45, 7) is 1.37. The number of hydrogen-bond donors (Lipinski definition) is 1. The zero-order valence-corrected chi connectivity index (χ0v) is 15.5. The van der Waals surface area contributed by atoms with Gasteiger partial charge >= 0.3 is 0 Å². The van der Waals surface area contributed by atoms with Gasteiger partial charge in [-0.3, -0.25) is 14.9 Å². The number of nitrogens with zero attached hydrogens (tertiary/aromatic N) is 2. The maximum absolute atomic E-state index is 12.9. The zero-order chi connectivity index (χ0) is 19.1. The van der Waals surface area contributed by atoms with E-state index in [0.29, 0.717) is 18.8 Å². The van der Waals surface area contributed by atoms with Gasteiger partial charge in [-0.05, 0) is 17.5 Å². The first-order chi connectivity index (χ1) is 13.1. The molecule has 0 saturated heterocycles. The molecule has 7 heteroatoms. The van der Waals surface area contributed by atoms with E-state index in [1.165, 1.54) is 12.1 Å². The number of thiophene rings is 1. The van der Waals surface area contributed by atoms with Crippen molar-refractivity contribution in [3.05, 3.63) is 92.7 Å². The van der Waals surface area contributed by atoms with E-state index in [4.69, 9.17) is 0 Å². The highest BCUT2D eigenvalue weighted by Gasteiger charge is 2.20. The number of benzene rings is 2. The van der Waals surface area contributed by atoms with Crippen molar-refractivity contribution in [1.29, 1.82) is 0 Å². The highest BCUT2D eigenvalue weighted by Crippen LogP contribution is 2.24. The lowest BCUT2D eigenvalue weighted by Crippen LogP contribution is -2.85. The number of quaternary nitrogens is 1. The molecule has 0 saturated carbocycles. The van der Waals surface area contributed by atoms with E-state index in [1.54, 1.807) is 28.4 Å². The van der Waals surface area contributed by atoms with Crippen LogP contribution in [0.15, 0.2) is 72.1 Å². The third-order valence-corrected chi connectivity index (χ3v) is 4.95. The molecule has 1 amide bonds. The molecule has 0 bridgehead atoms. The smallest absolute Gasteiger partial charge is 0.282 e. The van der Waals surface area contributed by atoms with Crippen LogP contribution in [0, 0.1) is 10.1 Å². The van der Waals surface area contributed by atoms with E-state index in [0.717, 1.165) is 10.4 Å². The monoisotopic (exact) mass is 382 g/mol. The molecule has 6 nitrogen and oxygen atoms in total. The minimum absolute atomic E-state index is 0.0234. The molecule has 0 radical (unpaired) electrons. The van der Waals surface area contributed by atoms with Crippen LogP contribution in [0.1, 0.15) is 10.4 Å². The maximum atomic E-state index is 12.9. The SMILES string of the molecule is O=C(C[NH2+]Cc1ccccc1)N(Cc1cccs1)c1cccc([N+](=O)[O-])c1. The Labute approximate surface area is 161 Å². The summed E-state index contributed by atoms with van der Waals surface area (Å²) in [6.07, 6.45) is 0. The van der Waals surface area contributed by atoms with Gasteiger partial charge in [0.1, 0.15) is 6.54 Å². The van der Waals surface area contributed by atoms with Crippen molar-refractivity contribution in [2.45, 2.75) is 13.1 Å². The Hall–Kier alpha value is -3.03. The second-order valence-corrected chi connectivity index (χ2v) is 7.05. The summed E-state index contributed by atoms with van der Waals surface area (Å²) in [6, 6.07) is 20.0. The molecule has 0 aliphatic carbocycles. The van der Waals surface area contributed by atoms with E-state index < -0.39 is 4.92 Å². The first kappa shape index (κ1) is 18.8. The Morgan fingerprint density at radius 3 is 2.59 bits per heavy atom. The Morgan fingerprint density at radius 1 is 1.07 bits per heavy atom. The Balaban J connectivity index is 1.73. The lowest BCUT2D eigenvalue weighted by Gasteiger charge is -2.21. The fourth-order valence-corrected chi connectivity index (χ4v) is 3.44. The molecule has 1 aromatic heterocycles. The molecular weight excluding hydrogens is 362 g/mol. The van der Waals surface area contributed by atoms with Crippen molar-refractivity contribution in [2.24, 2.45) is 0 Å². The van der Waals surface area contributed by atoms with Crippen LogP contribution in [0.4, 0.5) is 11.4 Å². The molecule has 0 fully saturated rings. The number of carbonyl (C=O) groups is 1. The molecule has 138 valence electrons. The van der Waals surface area contributed by atoms with Gasteiger partial charge in [0.25, 0.3) is 11.6 Å². The van der Waals surface area contributed by atoms with Crippen molar-refractivity contribution in [1.82, 2.24) is 0 Å². The minimum atomic E-state index is -0.446. The van der Waals surface area contributed by atoms with Gasteiger partial charge in [-0.25, -0.2) is 0 Å². The quantitative estimate of drug-likeness (QED) is 0.480. The van der Waals surface area contributed by atoms with E-state index >= 15 is 0 Å². The molecule has 2 aromatic carbocycles. The molecule has 0 unspecified atom stereocenters. The van der Waals surface area contributed by atoms with Gasteiger partial charge in [-0.1, -0.05) is 42.5 Å². The van der Waals surface area contributed by atoms with Crippen LogP contribution in [0.25, 0.3) is 0 Å². The topological polar surface area (TPSA) is 80.1 Å².